The minimum Gasteiger partial charge on any atom is -0.455 e. The fraction of sp³-hybridized carbons (Fsp3) is 0.0938. The number of halogens is 3. The van der Waals surface area contributed by atoms with Crippen LogP contribution >= 0.6 is 0 Å². The van der Waals surface area contributed by atoms with Gasteiger partial charge in [0.15, 0.2) is 5.76 Å². The fourth-order valence-corrected chi connectivity index (χ4v) is 6.07. The second kappa shape index (κ2) is 10.1. The van der Waals surface area contributed by atoms with Crippen molar-refractivity contribution in [2.75, 3.05) is 24.7 Å². The standard InChI is InChI=1S/C32H22F3N5O4S/c1-36-32(41)30-21-10-19(24-11-20-25(14-37-24)38-15-40-26-6-4-5-22(34)18(26)12-28(20)40)27(39(2)45(3,42)43)13-29(21)44-31(30)17-8-7-16(33)9-23(17)35/h4-15H,1-3H3,(H,36,41). The molecule has 0 fully saturated rings. The van der Waals surface area contributed by atoms with Crippen molar-refractivity contribution in [3.63, 3.8) is 0 Å². The highest BCUT2D eigenvalue weighted by Crippen LogP contribution is 2.42. The van der Waals surface area contributed by atoms with Crippen molar-refractivity contribution in [1.82, 2.24) is 19.7 Å². The molecule has 13 heteroatoms. The molecule has 7 rings (SSSR count). The molecule has 0 radical (unpaired) electrons. The van der Waals surface area contributed by atoms with Crippen LogP contribution in [0.25, 0.3) is 60.9 Å². The van der Waals surface area contributed by atoms with E-state index < -0.39 is 33.4 Å². The Bertz CT molecular complexity index is 2490. The van der Waals surface area contributed by atoms with E-state index in [4.69, 9.17) is 4.42 Å². The van der Waals surface area contributed by atoms with Crippen LogP contribution in [0.4, 0.5) is 18.9 Å². The van der Waals surface area contributed by atoms with Crippen LogP contribution in [0, 0.1) is 17.5 Å². The van der Waals surface area contributed by atoms with Gasteiger partial charge in [-0.1, -0.05) is 6.07 Å². The smallest absolute Gasteiger partial charge is 0.255 e. The van der Waals surface area contributed by atoms with Crippen molar-refractivity contribution in [3.05, 3.63) is 96.2 Å². The molecular formula is C32H22F3N5O4S. The number of rotatable bonds is 5. The lowest BCUT2D eigenvalue weighted by Gasteiger charge is -2.20. The zero-order chi connectivity index (χ0) is 31.8. The number of sulfonamides is 1. The molecule has 226 valence electrons. The summed E-state index contributed by atoms with van der Waals surface area (Å²) in [5.74, 6) is -2.92. The molecule has 4 heterocycles. The molecule has 0 bridgehead atoms. The number of carbonyl (C=O) groups excluding carboxylic acids is 1. The van der Waals surface area contributed by atoms with Crippen LogP contribution in [0.5, 0.6) is 0 Å². The van der Waals surface area contributed by atoms with E-state index in [1.807, 2.05) is 0 Å². The average molecular weight is 630 g/mol. The first kappa shape index (κ1) is 28.3. The Hall–Kier alpha value is -5.43. The fourth-order valence-electron chi connectivity index (χ4n) is 5.56. The van der Waals surface area contributed by atoms with Gasteiger partial charge in [-0.3, -0.25) is 18.5 Å². The van der Waals surface area contributed by atoms with Gasteiger partial charge in [0, 0.05) is 48.0 Å². The number of amides is 1. The van der Waals surface area contributed by atoms with E-state index in [1.54, 1.807) is 41.1 Å². The van der Waals surface area contributed by atoms with Crippen LogP contribution in [0.3, 0.4) is 0 Å². The van der Waals surface area contributed by atoms with E-state index in [2.05, 4.69) is 15.3 Å². The van der Waals surface area contributed by atoms with Crippen molar-refractivity contribution in [2.24, 2.45) is 0 Å². The molecule has 9 nitrogen and oxygen atoms in total. The molecule has 0 atom stereocenters. The van der Waals surface area contributed by atoms with Crippen LogP contribution in [0.15, 0.2) is 77.6 Å². The summed E-state index contributed by atoms with van der Waals surface area (Å²) in [5, 5.41) is 3.77. The Balaban J connectivity index is 1.55. The van der Waals surface area contributed by atoms with Gasteiger partial charge in [-0.15, -0.1) is 0 Å². The number of pyridine rings is 1. The maximum Gasteiger partial charge on any atom is 0.255 e. The number of nitrogens with one attached hydrogen (secondary N) is 1. The van der Waals surface area contributed by atoms with Gasteiger partial charge in [0.1, 0.15) is 29.4 Å². The molecule has 0 unspecified atom stereocenters. The summed E-state index contributed by atoms with van der Waals surface area (Å²) in [7, 11) is -1.07. The van der Waals surface area contributed by atoms with E-state index in [0.717, 1.165) is 22.7 Å². The molecule has 0 aliphatic carbocycles. The number of carbonyl (C=O) groups is 1. The van der Waals surface area contributed by atoms with Crippen LogP contribution in [-0.2, 0) is 10.0 Å². The van der Waals surface area contributed by atoms with E-state index in [1.165, 1.54) is 32.4 Å². The number of hydrogen-bond donors (Lipinski definition) is 1. The third-order valence-corrected chi connectivity index (χ3v) is 9.04. The number of fused-ring (bicyclic) bond motifs is 6. The van der Waals surface area contributed by atoms with Crippen LogP contribution < -0.4 is 9.62 Å². The Morgan fingerprint density at radius 2 is 1.71 bits per heavy atom. The van der Waals surface area contributed by atoms with Gasteiger partial charge in [-0.2, -0.15) is 0 Å². The predicted molar refractivity (Wildman–Crippen MR) is 165 cm³/mol. The van der Waals surface area contributed by atoms with Crippen molar-refractivity contribution in [1.29, 1.82) is 0 Å². The lowest BCUT2D eigenvalue weighted by Crippen LogP contribution is -2.25. The molecule has 4 aromatic heterocycles. The summed E-state index contributed by atoms with van der Waals surface area (Å²) >= 11 is 0. The summed E-state index contributed by atoms with van der Waals surface area (Å²) in [4.78, 5) is 22.2. The first-order valence-electron chi connectivity index (χ1n) is 13.5. The maximum absolute atomic E-state index is 14.9. The van der Waals surface area contributed by atoms with Crippen molar-refractivity contribution in [2.45, 2.75) is 0 Å². The lowest BCUT2D eigenvalue weighted by atomic mass is 10.00. The Kier molecular flexibility index (Phi) is 6.34. The molecule has 1 N–H and O–H groups in total. The second-order valence-corrected chi connectivity index (χ2v) is 12.5. The SMILES string of the molecule is CNC(=O)c1c(-c2ccc(F)cc2F)oc2cc(N(C)S(C)(=O)=O)c(-c3cc4c(cn3)ncn3c5cccc(F)c5cc43)cc12. The summed E-state index contributed by atoms with van der Waals surface area (Å²) < 4.78 is 77.7. The number of benzene rings is 3. The topological polar surface area (TPSA) is 110 Å². The number of furan rings is 1. The van der Waals surface area contributed by atoms with Gasteiger partial charge in [0.25, 0.3) is 5.91 Å². The van der Waals surface area contributed by atoms with E-state index in [0.29, 0.717) is 44.6 Å². The Morgan fingerprint density at radius 3 is 2.44 bits per heavy atom. The maximum atomic E-state index is 14.9. The molecule has 0 spiro atoms. The number of hydrogen-bond acceptors (Lipinski definition) is 6. The number of anilines is 1. The van der Waals surface area contributed by atoms with Gasteiger partial charge in [-0.05, 0) is 42.5 Å². The van der Waals surface area contributed by atoms with Crippen LogP contribution in [0.2, 0.25) is 0 Å². The van der Waals surface area contributed by atoms with Crippen LogP contribution in [0.1, 0.15) is 10.4 Å². The van der Waals surface area contributed by atoms with Crippen molar-refractivity contribution < 1.29 is 30.8 Å². The summed E-state index contributed by atoms with van der Waals surface area (Å²) in [6.45, 7) is 0. The number of nitrogens with zero attached hydrogens (tertiary/aromatic N) is 4. The quantitative estimate of drug-likeness (QED) is 0.240. The zero-order valence-electron chi connectivity index (χ0n) is 23.9. The van der Waals surface area contributed by atoms with E-state index in [-0.39, 0.29) is 33.5 Å². The number of aromatic nitrogens is 3. The average Bonchev–Trinajstić information content (AvgIpc) is 3.58. The molecular weight excluding hydrogens is 607 g/mol. The highest BCUT2D eigenvalue weighted by Gasteiger charge is 2.27. The molecule has 45 heavy (non-hydrogen) atoms. The van der Waals surface area contributed by atoms with Crippen molar-refractivity contribution >= 4 is 59.9 Å². The Labute approximate surface area is 253 Å². The second-order valence-electron chi connectivity index (χ2n) is 10.5. The summed E-state index contributed by atoms with van der Waals surface area (Å²) in [5.41, 5.74) is 2.44. The third kappa shape index (κ3) is 4.46. The van der Waals surface area contributed by atoms with Gasteiger partial charge < -0.3 is 9.73 Å². The molecule has 1 amide bonds. The zero-order valence-corrected chi connectivity index (χ0v) is 24.7. The van der Waals surface area contributed by atoms with Gasteiger partial charge >= 0.3 is 0 Å². The molecule has 0 saturated carbocycles. The van der Waals surface area contributed by atoms with Crippen molar-refractivity contribution in [3.8, 4) is 22.6 Å². The van der Waals surface area contributed by atoms with Gasteiger partial charge in [0.2, 0.25) is 10.0 Å². The predicted octanol–water partition coefficient (Wildman–Crippen LogP) is 6.29. The monoisotopic (exact) mass is 629 g/mol. The molecule has 0 aliphatic rings. The highest BCUT2D eigenvalue weighted by atomic mass is 32.2. The highest BCUT2D eigenvalue weighted by molar-refractivity contribution is 7.92. The first-order chi connectivity index (χ1) is 21.5. The third-order valence-electron chi connectivity index (χ3n) is 7.85. The summed E-state index contributed by atoms with van der Waals surface area (Å²) in [6.07, 6.45) is 4.12. The first-order valence-corrected chi connectivity index (χ1v) is 15.4. The largest absolute Gasteiger partial charge is 0.455 e. The molecule has 3 aromatic carbocycles. The molecule has 0 aliphatic heterocycles. The molecule has 0 saturated heterocycles. The van der Waals surface area contributed by atoms with Gasteiger partial charge in [-0.25, -0.2) is 26.6 Å². The Morgan fingerprint density at radius 1 is 0.911 bits per heavy atom. The minimum absolute atomic E-state index is 0.0361. The van der Waals surface area contributed by atoms with E-state index in [9.17, 15) is 26.4 Å². The van der Waals surface area contributed by atoms with Crippen LogP contribution in [-0.4, -0.2) is 49.0 Å². The van der Waals surface area contributed by atoms with Gasteiger partial charge in [0.05, 0.1) is 51.5 Å². The molecule has 7 aromatic rings. The minimum atomic E-state index is -3.82. The normalized spacial score (nSPS) is 12.0. The lowest BCUT2D eigenvalue weighted by molar-refractivity contribution is 0.0964. The van der Waals surface area contributed by atoms with E-state index >= 15 is 0 Å². The summed E-state index contributed by atoms with van der Waals surface area (Å²) in [6, 6.07) is 14.0.